The van der Waals surface area contributed by atoms with E-state index in [0.717, 1.165) is 13.0 Å². The van der Waals surface area contributed by atoms with Crippen molar-refractivity contribution in [3.05, 3.63) is 18.2 Å². The first-order valence-corrected chi connectivity index (χ1v) is 4.93. The second kappa shape index (κ2) is 5.02. The van der Waals surface area contributed by atoms with E-state index >= 15 is 0 Å². The molecule has 0 aromatic carbocycles. The molecule has 0 saturated carbocycles. The molecule has 1 aromatic heterocycles. The number of carbonyl (C=O) groups is 1. The third-order valence-electron chi connectivity index (χ3n) is 1.84. The van der Waals surface area contributed by atoms with Gasteiger partial charge in [-0.15, -0.1) is 11.6 Å². The first kappa shape index (κ1) is 10.3. The van der Waals surface area contributed by atoms with Crippen molar-refractivity contribution >= 4 is 17.4 Å². The van der Waals surface area contributed by atoms with Gasteiger partial charge in [0.1, 0.15) is 0 Å². The van der Waals surface area contributed by atoms with E-state index in [9.17, 15) is 4.79 Å². The minimum atomic E-state index is 0.0764. The molecular weight excluding hydrogens is 188 g/mol. The summed E-state index contributed by atoms with van der Waals surface area (Å²) in [7, 11) is 0. The minimum absolute atomic E-state index is 0.0764. The van der Waals surface area contributed by atoms with Gasteiger partial charge >= 0.3 is 0 Å². The van der Waals surface area contributed by atoms with Gasteiger partial charge in [-0.05, 0) is 13.3 Å². The molecule has 0 aliphatic rings. The van der Waals surface area contributed by atoms with Crippen LogP contribution in [0.15, 0.2) is 12.4 Å². The monoisotopic (exact) mass is 200 g/mol. The van der Waals surface area contributed by atoms with E-state index in [1.165, 1.54) is 0 Å². The highest BCUT2D eigenvalue weighted by atomic mass is 35.5. The number of hydrogen-bond acceptors (Lipinski definition) is 2. The third-order valence-corrected chi connectivity index (χ3v) is 2.11. The molecule has 0 N–H and O–H groups in total. The summed E-state index contributed by atoms with van der Waals surface area (Å²) < 4.78 is 1.84. The van der Waals surface area contributed by atoms with E-state index in [1.54, 1.807) is 6.20 Å². The van der Waals surface area contributed by atoms with Crippen molar-refractivity contribution in [2.75, 3.05) is 5.88 Å². The molecule has 0 fully saturated rings. The van der Waals surface area contributed by atoms with Gasteiger partial charge in [0.05, 0.1) is 0 Å². The topological polar surface area (TPSA) is 34.9 Å². The summed E-state index contributed by atoms with van der Waals surface area (Å²) in [6.07, 6.45) is 4.67. The Morgan fingerprint density at radius 2 is 2.46 bits per heavy atom. The average molecular weight is 201 g/mol. The van der Waals surface area contributed by atoms with Crippen molar-refractivity contribution < 1.29 is 4.79 Å². The number of Topliss-reactive ketones (excluding diaryl/α,β-unsaturated/α-hetero) is 1. The maximum absolute atomic E-state index is 11.5. The molecule has 0 atom stereocenters. The van der Waals surface area contributed by atoms with Crippen LogP contribution in [0.4, 0.5) is 0 Å². The average Bonchev–Trinajstić information content (AvgIpc) is 2.61. The molecule has 0 aliphatic heterocycles. The minimum Gasteiger partial charge on any atom is -0.329 e. The van der Waals surface area contributed by atoms with Gasteiger partial charge in [-0.2, -0.15) is 0 Å². The van der Waals surface area contributed by atoms with Crippen molar-refractivity contribution in [2.24, 2.45) is 0 Å². The number of imidazole rings is 1. The summed E-state index contributed by atoms with van der Waals surface area (Å²) >= 11 is 5.50. The van der Waals surface area contributed by atoms with Gasteiger partial charge in [0.2, 0.25) is 0 Å². The molecule has 0 amide bonds. The van der Waals surface area contributed by atoms with Crippen LogP contribution in [0.3, 0.4) is 0 Å². The van der Waals surface area contributed by atoms with Crippen LogP contribution in [-0.4, -0.2) is 21.2 Å². The van der Waals surface area contributed by atoms with Gasteiger partial charge in [0.15, 0.2) is 11.6 Å². The van der Waals surface area contributed by atoms with Gasteiger partial charge in [-0.3, -0.25) is 4.79 Å². The summed E-state index contributed by atoms with van der Waals surface area (Å²) in [4.78, 5) is 15.5. The Labute approximate surface area is 82.7 Å². The van der Waals surface area contributed by atoms with E-state index in [-0.39, 0.29) is 5.78 Å². The number of aromatic nitrogens is 2. The summed E-state index contributed by atoms with van der Waals surface area (Å²) in [6.45, 7) is 2.77. The predicted octanol–water partition coefficient (Wildman–Crippen LogP) is 2.10. The van der Waals surface area contributed by atoms with Crippen molar-refractivity contribution in [3.8, 4) is 0 Å². The van der Waals surface area contributed by atoms with E-state index in [2.05, 4.69) is 4.98 Å². The highest BCUT2D eigenvalue weighted by Gasteiger charge is 2.10. The first-order valence-electron chi connectivity index (χ1n) is 4.40. The molecule has 13 heavy (non-hydrogen) atoms. The summed E-state index contributed by atoms with van der Waals surface area (Å²) in [6, 6.07) is 0. The Morgan fingerprint density at radius 1 is 1.69 bits per heavy atom. The lowest BCUT2D eigenvalue weighted by Gasteiger charge is -2.02. The van der Waals surface area contributed by atoms with Gasteiger partial charge in [0.25, 0.3) is 0 Å². The summed E-state index contributed by atoms with van der Waals surface area (Å²) in [5.74, 6) is 1.15. The number of alkyl halides is 1. The molecule has 0 saturated heterocycles. The molecule has 0 bridgehead atoms. The van der Waals surface area contributed by atoms with Gasteiger partial charge in [-0.25, -0.2) is 4.98 Å². The molecule has 0 aliphatic carbocycles. The maximum Gasteiger partial charge on any atom is 0.198 e. The van der Waals surface area contributed by atoms with E-state index in [1.807, 2.05) is 17.7 Å². The summed E-state index contributed by atoms with van der Waals surface area (Å²) in [5, 5.41) is 0. The number of rotatable bonds is 5. The van der Waals surface area contributed by atoms with Crippen LogP contribution in [0.5, 0.6) is 0 Å². The Kier molecular flexibility index (Phi) is 3.96. The normalized spacial score (nSPS) is 10.3. The van der Waals surface area contributed by atoms with Gasteiger partial charge in [-0.1, -0.05) is 0 Å². The molecule has 1 heterocycles. The highest BCUT2D eigenvalue weighted by Crippen LogP contribution is 2.04. The Hall–Kier alpha value is -0.830. The second-order valence-corrected chi connectivity index (χ2v) is 3.13. The zero-order chi connectivity index (χ0) is 9.68. The fourth-order valence-electron chi connectivity index (χ4n) is 1.16. The van der Waals surface area contributed by atoms with Crippen molar-refractivity contribution in [2.45, 2.75) is 26.3 Å². The second-order valence-electron chi connectivity index (χ2n) is 2.75. The molecule has 72 valence electrons. The van der Waals surface area contributed by atoms with Crippen LogP contribution >= 0.6 is 11.6 Å². The lowest BCUT2D eigenvalue weighted by molar-refractivity contribution is 0.0968. The zero-order valence-electron chi connectivity index (χ0n) is 7.66. The van der Waals surface area contributed by atoms with Crippen molar-refractivity contribution in [1.82, 2.24) is 9.55 Å². The number of ketones is 1. The van der Waals surface area contributed by atoms with Crippen LogP contribution < -0.4 is 0 Å². The number of nitrogens with zero attached hydrogens (tertiary/aromatic N) is 2. The number of hydrogen-bond donors (Lipinski definition) is 0. The Morgan fingerprint density at radius 3 is 3.08 bits per heavy atom. The first-order chi connectivity index (χ1) is 6.29. The number of carbonyl (C=O) groups excluding carboxylic acids is 1. The smallest absolute Gasteiger partial charge is 0.198 e. The Bertz CT molecular complexity index is 283. The predicted molar refractivity (Wildman–Crippen MR) is 52.2 cm³/mol. The van der Waals surface area contributed by atoms with Crippen LogP contribution in [0, 0.1) is 0 Å². The number of halogens is 1. The largest absolute Gasteiger partial charge is 0.329 e. The summed E-state index contributed by atoms with van der Waals surface area (Å²) in [5.41, 5.74) is 0. The van der Waals surface area contributed by atoms with Gasteiger partial charge in [0, 0.05) is 31.2 Å². The molecular formula is C9H13ClN2O. The molecule has 0 radical (unpaired) electrons. The van der Waals surface area contributed by atoms with E-state index in [0.29, 0.717) is 18.1 Å². The standard InChI is InChI=1S/C9H13ClN2O/c1-2-12-7-6-11-9(12)8(13)4-3-5-10/h6-7H,2-5H2,1H3. The van der Waals surface area contributed by atoms with Crippen LogP contribution in [-0.2, 0) is 6.54 Å². The van der Waals surface area contributed by atoms with Crippen molar-refractivity contribution in [3.63, 3.8) is 0 Å². The Balaban J connectivity index is 2.65. The van der Waals surface area contributed by atoms with Crippen molar-refractivity contribution in [1.29, 1.82) is 0 Å². The van der Waals surface area contributed by atoms with E-state index < -0.39 is 0 Å². The number of aryl methyl sites for hydroxylation is 1. The SMILES string of the molecule is CCn1ccnc1C(=O)CCCCl. The molecule has 1 rings (SSSR count). The lowest BCUT2D eigenvalue weighted by Crippen LogP contribution is -2.09. The quantitative estimate of drug-likeness (QED) is 0.539. The van der Waals surface area contributed by atoms with Crippen LogP contribution in [0.25, 0.3) is 0 Å². The van der Waals surface area contributed by atoms with Gasteiger partial charge < -0.3 is 4.57 Å². The lowest BCUT2D eigenvalue weighted by atomic mass is 10.2. The molecule has 0 unspecified atom stereocenters. The molecule has 3 nitrogen and oxygen atoms in total. The zero-order valence-corrected chi connectivity index (χ0v) is 8.42. The fourth-order valence-corrected chi connectivity index (χ4v) is 1.29. The third kappa shape index (κ3) is 2.56. The molecule has 1 aromatic rings. The fraction of sp³-hybridized carbons (Fsp3) is 0.556. The van der Waals surface area contributed by atoms with E-state index in [4.69, 9.17) is 11.6 Å². The van der Waals surface area contributed by atoms with Crippen LogP contribution in [0.1, 0.15) is 30.4 Å². The maximum atomic E-state index is 11.5. The highest BCUT2D eigenvalue weighted by molar-refractivity contribution is 6.18. The molecule has 0 spiro atoms. The van der Waals surface area contributed by atoms with Crippen LogP contribution in [0.2, 0.25) is 0 Å². The molecule has 4 heteroatoms.